The maximum atomic E-state index is 11.9. The van der Waals surface area contributed by atoms with Crippen LogP contribution in [0.15, 0.2) is 24.3 Å². The van der Waals surface area contributed by atoms with E-state index in [-0.39, 0.29) is 5.91 Å². The molecule has 0 radical (unpaired) electrons. The number of nitrogens with one attached hydrogen (secondary N) is 2. The van der Waals surface area contributed by atoms with Crippen molar-refractivity contribution >= 4 is 28.8 Å². The standard InChI is InChI=1S/C16H22N2OS/c1-3-11(2)12-7-9-14(10-8-12)17-15(19)16(20)18-13-5-4-6-13/h7-11,13H,3-6H2,1-2H3,(H,17,19)(H,18,20). The van der Waals surface area contributed by atoms with E-state index in [4.69, 9.17) is 12.2 Å². The van der Waals surface area contributed by atoms with Crippen LogP contribution in [0.3, 0.4) is 0 Å². The third-order valence-electron chi connectivity index (χ3n) is 4.00. The molecule has 1 aromatic carbocycles. The number of hydrogen-bond donors (Lipinski definition) is 2. The van der Waals surface area contributed by atoms with Crippen molar-refractivity contribution in [3.63, 3.8) is 0 Å². The fourth-order valence-electron chi connectivity index (χ4n) is 2.12. The molecule has 2 rings (SSSR count). The van der Waals surface area contributed by atoms with Crippen molar-refractivity contribution < 1.29 is 4.79 Å². The molecule has 0 saturated heterocycles. The molecule has 1 unspecified atom stereocenters. The number of hydrogen-bond acceptors (Lipinski definition) is 2. The average Bonchev–Trinajstić information content (AvgIpc) is 2.42. The Hall–Kier alpha value is -1.42. The molecule has 0 aliphatic heterocycles. The summed E-state index contributed by atoms with van der Waals surface area (Å²) in [6.45, 7) is 4.37. The van der Waals surface area contributed by atoms with Crippen LogP contribution in [-0.2, 0) is 4.79 Å². The Labute approximate surface area is 126 Å². The summed E-state index contributed by atoms with van der Waals surface area (Å²) < 4.78 is 0. The fourth-order valence-corrected chi connectivity index (χ4v) is 2.34. The molecule has 3 nitrogen and oxygen atoms in total. The Morgan fingerprint density at radius 1 is 1.35 bits per heavy atom. The van der Waals surface area contributed by atoms with Gasteiger partial charge >= 0.3 is 0 Å². The van der Waals surface area contributed by atoms with Gasteiger partial charge in [0, 0.05) is 11.7 Å². The summed E-state index contributed by atoms with van der Waals surface area (Å²) in [7, 11) is 0. The van der Waals surface area contributed by atoms with E-state index in [1.165, 1.54) is 12.0 Å². The highest BCUT2D eigenvalue weighted by atomic mass is 32.1. The first-order chi connectivity index (χ1) is 9.60. The zero-order chi connectivity index (χ0) is 14.5. The Morgan fingerprint density at radius 2 is 2.00 bits per heavy atom. The van der Waals surface area contributed by atoms with Crippen LogP contribution in [0.1, 0.15) is 51.0 Å². The van der Waals surface area contributed by atoms with Gasteiger partial charge in [-0.15, -0.1) is 0 Å². The minimum Gasteiger partial charge on any atom is -0.369 e. The van der Waals surface area contributed by atoms with E-state index in [0.717, 1.165) is 24.9 Å². The largest absolute Gasteiger partial charge is 0.369 e. The molecule has 1 fully saturated rings. The highest BCUT2D eigenvalue weighted by molar-refractivity contribution is 7.82. The number of carbonyl (C=O) groups is 1. The monoisotopic (exact) mass is 290 g/mol. The SMILES string of the molecule is CCC(C)c1ccc(NC(=O)C(=S)NC2CCC2)cc1. The minimum atomic E-state index is -0.219. The van der Waals surface area contributed by atoms with Gasteiger partial charge in [-0.1, -0.05) is 38.2 Å². The lowest BCUT2D eigenvalue weighted by molar-refractivity contribution is -0.110. The van der Waals surface area contributed by atoms with Gasteiger partial charge in [-0.25, -0.2) is 0 Å². The van der Waals surface area contributed by atoms with Gasteiger partial charge in [0.25, 0.3) is 5.91 Å². The molecular formula is C16H22N2OS. The van der Waals surface area contributed by atoms with Gasteiger partial charge in [-0.05, 0) is 49.3 Å². The third kappa shape index (κ3) is 3.79. The molecule has 0 heterocycles. The maximum Gasteiger partial charge on any atom is 0.283 e. The average molecular weight is 290 g/mol. The zero-order valence-corrected chi connectivity index (χ0v) is 12.9. The summed E-state index contributed by atoms with van der Waals surface area (Å²) >= 11 is 5.12. The highest BCUT2D eigenvalue weighted by Crippen LogP contribution is 2.21. The molecule has 0 bridgehead atoms. The number of rotatable bonds is 4. The molecular weight excluding hydrogens is 268 g/mol. The Balaban J connectivity index is 1.88. The van der Waals surface area contributed by atoms with Crippen molar-refractivity contribution in [1.29, 1.82) is 0 Å². The molecule has 4 heteroatoms. The maximum absolute atomic E-state index is 11.9. The van der Waals surface area contributed by atoms with E-state index >= 15 is 0 Å². The molecule has 0 aromatic heterocycles. The Morgan fingerprint density at radius 3 is 2.50 bits per heavy atom. The van der Waals surface area contributed by atoms with Crippen molar-refractivity contribution in [3.05, 3.63) is 29.8 Å². The van der Waals surface area contributed by atoms with Gasteiger partial charge in [0.05, 0.1) is 0 Å². The number of thiocarbonyl (C=S) groups is 1. The van der Waals surface area contributed by atoms with Crippen LogP contribution in [-0.4, -0.2) is 16.9 Å². The van der Waals surface area contributed by atoms with Crippen LogP contribution >= 0.6 is 12.2 Å². The van der Waals surface area contributed by atoms with E-state index in [1.807, 2.05) is 12.1 Å². The van der Waals surface area contributed by atoms with Crippen molar-refractivity contribution in [2.24, 2.45) is 0 Å². The molecule has 0 spiro atoms. The first-order valence-electron chi connectivity index (χ1n) is 7.32. The van der Waals surface area contributed by atoms with Gasteiger partial charge in [0.15, 0.2) is 4.99 Å². The molecule has 1 aliphatic carbocycles. The van der Waals surface area contributed by atoms with Crippen LogP contribution in [0, 0.1) is 0 Å². The number of carbonyl (C=O) groups excluding carboxylic acids is 1. The van der Waals surface area contributed by atoms with E-state index in [2.05, 4.69) is 36.6 Å². The van der Waals surface area contributed by atoms with Gasteiger partial charge in [-0.2, -0.15) is 0 Å². The summed E-state index contributed by atoms with van der Waals surface area (Å²) in [4.78, 5) is 12.2. The molecule has 1 amide bonds. The van der Waals surface area contributed by atoms with Crippen molar-refractivity contribution in [2.45, 2.75) is 51.5 Å². The first-order valence-corrected chi connectivity index (χ1v) is 7.72. The van der Waals surface area contributed by atoms with Crippen LogP contribution < -0.4 is 10.6 Å². The second kappa shape index (κ2) is 6.84. The summed E-state index contributed by atoms with van der Waals surface area (Å²) in [6, 6.07) is 8.38. The van der Waals surface area contributed by atoms with Crippen LogP contribution in [0.2, 0.25) is 0 Å². The normalized spacial score (nSPS) is 16.1. The van der Waals surface area contributed by atoms with E-state index in [1.54, 1.807) is 0 Å². The molecule has 108 valence electrons. The van der Waals surface area contributed by atoms with Gasteiger partial charge in [0.2, 0.25) is 0 Å². The summed E-state index contributed by atoms with van der Waals surface area (Å²) in [5, 5.41) is 5.93. The Kier molecular flexibility index (Phi) is 5.12. The predicted molar refractivity (Wildman–Crippen MR) is 87.2 cm³/mol. The topological polar surface area (TPSA) is 41.1 Å². The predicted octanol–water partition coefficient (Wildman–Crippen LogP) is 3.61. The van der Waals surface area contributed by atoms with Crippen molar-refractivity contribution in [2.75, 3.05) is 5.32 Å². The van der Waals surface area contributed by atoms with E-state index < -0.39 is 0 Å². The lowest BCUT2D eigenvalue weighted by Gasteiger charge is -2.27. The van der Waals surface area contributed by atoms with Gasteiger partial charge < -0.3 is 10.6 Å². The molecule has 1 aliphatic rings. The second-order valence-electron chi connectivity index (χ2n) is 5.49. The molecule has 2 N–H and O–H groups in total. The number of amides is 1. The minimum absolute atomic E-state index is 0.219. The third-order valence-corrected chi connectivity index (χ3v) is 4.30. The summed E-state index contributed by atoms with van der Waals surface area (Å²) in [6.07, 6.45) is 4.55. The molecule has 1 atom stereocenters. The molecule has 1 aromatic rings. The number of anilines is 1. The Bertz CT molecular complexity index is 480. The zero-order valence-electron chi connectivity index (χ0n) is 12.1. The smallest absolute Gasteiger partial charge is 0.283 e. The van der Waals surface area contributed by atoms with Crippen LogP contribution in [0.4, 0.5) is 5.69 Å². The van der Waals surface area contributed by atoms with Crippen LogP contribution in [0.25, 0.3) is 0 Å². The van der Waals surface area contributed by atoms with Gasteiger partial charge in [-0.3, -0.25) is 4.79 Å². The van der Waals surface area contributed by atoms with Crippen LogP contribution in [0.5, 0.6) is 0 Å². The summed E-state index contributed by atoms with van der Waals surface area (Å²) in [5.74, 6) is 0.323. The second-order valence-corrected chi connectivity index (χ2v) is 5.89. The van der Waals surface area contributed by atoms with E-state index in [9.17, 15) is 4.79 Å². The molecule has 20 heavy (non-hydrogen) atoms. The molecule has 1 saturated carbocycles. The van der Waals surface area contributed by atoms with Crippen molar-refractivity contribution in [1.82, 2.24) is 5.32 Å². The fraction of sp³-hybridized carbons (Fsp3) is 0.500. The number of benzene rings is 1. The lowest BCUT2D eigenvalue weighted by Crippen LogP contribution is -2.43. The van der Waals surface area contributed by atoms with E-state index in [0.29, 0.717) is 16.9 Å². The van der Waals surface area contributed by atoms with Gasteiger partial charge in [0.1, 0.15) is 0 Å². The highest BCUT2D eigenvalue weighted by Gasteiger charge is 2.20. The first kappa shape index (κ1) is 15.0. The lowest BCUT2D eigenvalue weighted by atomic mass is 9.93. The quantitative estimate of drug-likeness (QED) is 0.832. The summed E-state index contributed by atoms with van der Waals surface area (Å²) in [5.41, 5.74) is 2.08. The van der Waals surface area contributed by atoms with Crippen molar-refractivity contribution in [3.8, 4) is 0 Å².